The van der Waals surface area contributed by atoms with Crippen LogP contribution in [0.15, 0.2) is 48.5 Å². The summed E-state index contributed by atoms with van der Waals surface area (Å²) in [4.78, 5) is 0. The summed E-state index contributed by atoms with van der Waals surface area (Å²) in [6.45, 7) is 4.52. The van der Waals surface area contributed by atoms with Gasteiger partial charge in [0, 0.05) is 0 Å². The second-order valence-electron chi connectivity index (χ2n) is 10.5. The molecule has 1 atom stereocenters. The highest BCUT2D eigenvalue weighted by molar-refractivity contribution is 5.27. The molecule has 0 saturated heterocycles. The zero-order valence-corrected chi connectivity index (χ0v) is 19.7. The molecular formula is C30H41F. The largest absolute Gasteiger partial charge is 0.207 e. The first-order valence-electron chi connectivity index (χ1n) is 13.0. The highest BCUT2D eigenvalue weighted by Crippen LogP contribution is 2.45. The van der Waals surface area contributed by atoms with Gasteiger partial charge >= 0.3 is 0 Å². The van der Waals surface area contributed by atoms with Gasteiger partial charge in [-0.3, -0.25) is 0 Å². The van der Waals surface area contributed by atoms with Crippen LogP contribution >= 0.6 is 0 Å². The fraction of sp³-hybridized carbons (Fsp3) is 0.600. The minimum atomic E-state index is 0.0181. The van der Waals surface area contributed by atoms with Crippen molar-refractivity contribution in [2.45, 2.75) is 96.3 Å². The molecule has 2 saturated carbocycles. The lowest BCUT2D eigenvalue weighted by molar-refractivity contribution is 0.154. The van der Waals surface area contributed by atoms with Crippen LogP contribution < -0.4 is 0 Å². The molecule has 1 unspecified atom stereocenters. The molecular weight excluding hydrogens is 379 g/mol. The van der Waals surface area contributed by atoms with Gasteiger partial charge in [-0.15, -0.1) is 0 Å². The Kier molecular flexibility index (Phi) is 7.86. The van der Waals surface area contributed by atoms with E-state index in [2.05, 4.69) is 50.2 Å². The summed E-state index contributed by atoms with van der Waals surface area (Å²) in [5.74, 6) is 4.03. The van der Waals surface area contributed by atoms with Crippen LogP contribution in [-0.2, 0) is 6.42 Å². The Hall–Kier alpha value is -1.63. The van der Waals surface area contributed by atoms with Crippen molar-refractivity contribution >= 4 is 0 Å². The van der Waals surface area contributed by atoms with Crippen molar-refractivity contribution in [1.29, 1.82) is 0 Å². The maximum absolute atomic E-state index is 14.4. The van der Waals surface area contributed by atoms with Gasteiger partial charge < -0.3 is 0 Å². The number of benzene rings is 2. The van der Waals surface area contributed by atoms with Crippen molar-refractivity contribution in [3.05, 3.63) is 71.0 Å². The molecule has 2 aliphatic carbocycles. The average Bonchev–Trinajstić information content (AvgIpc) is 2.82. The van der Waals surface area contributed by atoms with Crippen LogP contribution in [0, 0.1) is 23.6 Å². The molecule has 2 fully saturated rings. The molecule has 0 bridgehead atoms. The van der Waals surface area contributed by atoms with Gasteiger partial charge in [0.1, 0.15) is 5.82 Å². The van der Waals surface area contributed by atoms with Crippen molar-refractivity contribution in [1.82, 2.24) is 0 Å². The Morgan fingerprint density at radius 2 is 1.48 bits per heavy atom. The van der Waals surface area contributed by atoms with Gasteiger partial charge in [-0.25, -0.2) is 4.39 Å². The third-order valence-electron chi connectivity index (χ3n) is 8.45. The topological polar surface area (TPSA) is 0 Å². The van der Waals surface area contributed by atoms with E-state index in [4.69, 9.17) is 0 Å². The smallest absolute Gasteiger partial charge is 0.126 e. The summed E-state index contributed by atoms with van der Waals surface area (Å²) in [6, 6.07) is 17.1. The molecule has 0 N–H and O–H groups in total. The molecule has 1 heteroatoms. The van der Waals surface area contributed by atoms with E-state index in [0.29, 0.717) is 11.8 Å². The van der Waals surface area contributed by atoms with Crippen LogP contribution in [0.25, 0.3) is 0 Å². The lowest BCUT2D eigenvalue weighted by Gasteiger charge is -2.38. The van der Waals surface area contributed by atoms with Gasteiger partial charge in [0.05, 0.1) is 0 Å². The van der Waals surface area contributed by atoms with E-state index in [1.165, 1.54) is 68.9 Å². The van der Waals surface area contributed by atoms with Crippen LogP contribution in [0.2, 0.25) is 0 Å². The summed E-state index contributed by atoms with van der Waals surface area (Å²) < 4.78 is 14.4. The highest BCUT2D eigenvalue weighted by Gasteiger charge is 2.31. The monoisotopic (exact) mass is 420 g/mol. The number of hydrogen-bond donors (Lipinski definition) is 0. The molecule has 4 rings (SSSR count). The Balaban J connectivity index is 1.23. The minimum absolute atomic E-state index is 0.0181. The SMILES string of the molecule is CCCc1ccc(C2CCC(C3CCC(CC(C)c4ccccc4)CC3)CC2)cc1F. The third-order valence-corrected chi connectivity index (χ3v) is 8.45. The van der Waals surface area contributed by atoms with Crippen molar-refractivity contribution in [2.75, 3.05) is 0 Å². The van der Waals surface area contributed by atoms with Gasteiger partial charge in [0.2, 0.25) is 0 Å². The van der Waals surface area contributed by atoms with Crippen molar-refractivity contribution in [3.63, 3.8) is 0 Å². The lowest BCUT2D eigenvalue weighted by atomic mass is 9.67. The molecule has 2 aromatic carbocycles. The Morgan fingerprint density at radius 3 is 2.10 bits per heavy atom. The number of aryl methyl sites for hydroxylation is 1. The second kappa shape index (κ2) is 10.8. The summed E-state index contributed by atoms with van der Waals surface area (Å²) in [7, 11) is 0. The molecule has 0 spiro atoms. The quantitative estimate of drug-likeness (QED) is 0.419. The van der Waals surface area contributed by atoms with Crippen LogP contribution in [0.3, 0.4) is 0 Å². The summed E-state index contributed by atoms with van der Waals surface area (Å²) >= 11 is 0. The average molecular weight is 421 g/mol. The molecule has 168 valence electrons. The van der Waals surface area contributed by atoms with Gasteiger partial charge in [-0.1, -0.05) is 75.6 Å². The molecule has 0 aliphatic heterocycles. The molecule has 0 nitrogen and oxygen atoms in total. The van der Waals surface area contributed by atoms with E-state index in [0.717, 1.165) is 36.2 Å². The molecule has 2 aromatic rings. The van der Waals surface area contributed by atoms with Gasteiger partial charge in [0.25, 0.3) is 0 Å². The molecule has 2 aliphatic rings. The van der Waals surface area contributed by atoms with E-state index in [1.54, 1.807) is 0 Å². The van der Waals surface area contributed by atoms with Crippen LogP contribution in [-0.4, -0.2) is 0 Å². The highest BCUT2D eigenvalue weighted by atomic mass is 19.1. The predicted molar refractivity (Wildman–Crippen MR) is 130 cm³/mol. The van der Waals surface area contributed by atoms with Gasteiger partial charge in [-0.2, -0.15) is 0 Å². The first-order valence-corrected chi connectivity index (χ1v) is 13.0. The molecule has 0 amide bonds. The van der Waals surface area contributed by atoms with Crippen molar-refractivity contribution in [2.24, 2.45) is 17.8 Å². The molecule has 0 aromatic heterocycles. The van der Waals surface area contributed by atoms with E-state index < -0.39 is 0 Å². The Labute approximate surface area is 189 Å². The Bertz CT molecular complexity index is 794. The summed E-state index contributed by atoms with van der Waals surface area (Å²) in [6.07, 6.45) is 14.1. The standard InChI is InChI=1S/C30H41F/c1-3-7-28-18-19-29(21-30(28)31)27-16-14-26(15-17-27)25-12-10-23(11-13-25)20-22(2)24-8-5-4-6-9-24/h4-6,8-9,18-19,21-23,25-27H,3,7,10-17,20H2,1-2H3. The fourth-order valence-electron chi connectivity index (χ4n) is 6.53. The van der Waals surface area contributed by atoms with E-state index in [1.807, 2.05) is 12.1 Å². The maximum Gasteiger partial charge on any atom is 0.126 e. The number of rotatable bonds is 7. The minimum Gasteiger partial charge on any atom is -0.207 e. The first-order chi connectivity index (χ1) is 15.1. The maximum atomic E-state index is 14.4. The zero-order valence-electron chi connectivity index (χ0n) is 19.7. The van der Waals surface area contributed by atoms with E-state index >= 15 is 0 Å². The second-order valence-corrected chi connectivity index (χ2v) is 10.5. The van der Waals surface area contributed by atoms with Crippen molar-refractivity contribution < 1.29 is 4.39 Å². The fourth-order valence-corrected chi connectivity index (χ4v) is 6.53. The van der Waals surface area contributed by atoms with E-state index in [9.17, 15) is 4.39 Å². The number of hydrogen-bond acceptors (Lipinski definition) is 0. The number of halogens is 1. The molecule has 31 heavy (non-hydrogen) atoms. The third kappa shape index (κ3) is 5.79. The molecule has 0 radical (unpaired) electrons. The van der Waals surface area contributed by atoms with Crippen LogP contribution in [0.4, 0.5) is 4.39 Å². The van der Waals surface area contributed by atoms with Crippen molar-refractivity contribution in [3.8, 4) is 0 Å². The lowest BCUT2D eigenvalue weighted by Crippen LogP contribution is -2.26. The van der Waals surface area contributed by atoms with Gasteiger partial charge in [0.15, 0.2) is 0 Å². The van der Waals surface area contributed by atoms with Gasteiger partial charge in [-0.05, 0) is 104 Å². The normalized spacial score (nSPS) is 27.7. The summed E-state index contributed by atoms with van der Waals surface area (Å²) in [5, 5.41) is 0. The van der Waals surface area contributed by atoms with E-state index in [-0.39, 0.29) is 5.82 Å². The Morgan fingerprint density at radius 1 is 0.839 bits per heavy atom. The zero-order chi connectivity index (χ0) is 21.6. The van der Waals surface area contributed by atoms with Crippen LogP contribution in [0.5, 0.6) is 0 Å². The molecule has 0 heterocycles. The van der Waals surface area contributed by atoms with Crippen LogP contribution in [0.1, 0.15) is 107 Å². The summed E-state index contributed by atoms with van der Waals surface area (Å²) in [5.41, 5.74) is 3.63. The predicted octanol–water partition coefficient (Wildman–Crippen LogP) is 9.05. The first kappa shape index (κ1) is 22.6.